The van der Waals surface area contributed by atoms with E-state index in [9.17, 15) is 4.79 Å². The molecule has 0 spiro atoms. The summed E-state index contributed by atoms with van der Waals surface area (Å²) in [6.07, 6.45) is 1.47. The Balaban J connectivity index is 2.61. The molecule has 0 saturated carbocycles. The number of amides is 1. The highest BCUT2D eigenvalue weighted by atomic mass is 16.5. The lowest BCUT2D eigenvalue weighted by atomic mass is 10.1. The molecule has 4 heteroatoms. The summed E-state index contributed by atoms with van der Waals surface area (Å²) >= 11 is 0. The second-order valence-corrected chi connectivity index (χ2v) is 5.02. The molecule has 0 saturated heterocycles. The average molecular weight is 278 g/mol. The molecular formula is C16H26N2O2. The summed E-state index contributed by atoms with van der Waals surface area (Å²) in [5.74, 6) is 0.0202. The summed E-state index contributed by atoms with van der Waals surface area (Å²) in [4.78, 5) is 14.2. The smallest absolute Gasteiger partial charge is 0.239 e. The summed E-state index contributed by atoms with van der Waals surface area (Å²) in [6, 6.07) is 7.69. The molecule has 0 fully saturated rings. The number of aryl methyl sites for hydroxylation is 1. The molecule has 0 aliphatic rings. The second kappa shape index (κ2) is 8.72. The molecule has 1 aromatic carbocycles. The Kier molecular flexibility index (Phi) is 7.26. The number of carbonyl (C=O) groups is 1. The molecule has 0 aliphatic carbocycles. The lowest BCUT2D eigenvalue weighted by molar-refractivity contribution is -0.133. The molecule has 2 N–H and O–H groups in total. The Morgan fingerprint density at radius 2 is 2.10 bits per heavy atom. The maximum absolute atomic E-state index is 12.3. The summed E-state index contributed by atoms with van der Waals surface area (Å²) in [6.45, 7) is 5.99. The maximum Gasteiger partial charge on any atom is 0.239 e. The highest BCUT2D eigenvalue weighted by Crippen LogP contribution is 2.12. The number of nitrogens with zero attached hydrogens (tertiary/aromatic N) is 1. The van der Waals surface area contributed by atoms with Crippen LogP contribution in [0.15, 0.2) is 24.3 Å². The topological polar surface area (TPSA) is 55.6 Å². The van der Waals surface area contributed by atoms with Gasteiger partial charge in [0.25, 0.3) is 0 Å². The van der Waals surface area contributed by atoms with E-state index < -0.39 is 6.04 Å². The van der Waals surface area contributed by atoms with Gasteiger partial charge in [-0.25, -0.2) is 0 Å². The molecule has 1 atom stereocenters. The van der Waals surface area contributed by atoms with Gasteiger partial charge in [0.1, 0.15) is 0 Å². The van der Waals surface area contributed by atoms with Gasteiger partial charge in [0, 0.05) is 26.8 Å². The van der Waals surface area contributed by atoms with Crippen molar-refractivity contribution in [3.63, 3.8) is 0 Å². The third kappa shape index (κ3) is 4.94. The van der Waals surface area contributed by atoms with Gasteiger partial charge in [-0.05, 0) is 37.8 Å². The Labute approximate surface area is 121 Å². The van der Waals surface area contributed by atoms with E-state index in [0.717, 1.165) is 6.42 Å². The number of hydrogen-bond donors (Lipinski definition) is 1. The first-order valence-corrected chi connectivity index (χ1v) is 7.18. The van der Waals surface area contributed by atoms with Crippen molar-refractivity contribution in [2.24, 2.45) is 5.73 Å². The van der Waals surface area contributed by atoms with Crippen LogP contribution in [0.1, 0.15) is 30.9 Å². The van der Waals surface area contributed by atoms with E-state index in [4.69, 9.17) is 10.5 Å². The molecule has 1 unspecified atom stereocenters. The fraction of sp³-hybridized carbons (Fsp3) is 0.562. The number of likely N-dealkylation sites (N-methyl/N-ethyl adjacent to an activating group) is 1. The first-order valence-electron chi connectivity index (χ1n) is 7.18. The molecule has 0 heterocycles. The number of methoxy groups -OCH3 is 1. The van der Waals surface area contributed by atoms with Crippen molar-refractivity contribution in [3.8, 4) is 0 Å². The first kappa shape index (κ1) is 16.7. The van der Waals surface area contributed by atoms with E-state index in [1.807, 2.05) is 24.0 Å². The zero-order valence-corrected chi connectivity index (χ0v) is 12.8. The molecule has 1 amide bonds. The third-order valence-corrected chi connectivity index (χ3v) is 3.50. The van der Waals surface area contributed by atoms with Crippen LogP contribution < -0.4 is 5.73 Å². The van der Waals surface area contributed by atoms with Gasteiger partial charge in [0.2, 0.25) is 5.91 Å². The van der Waals surface area contributed by atoms with Gasteiger partial charge in [-0.3, -0.25) is 4.79 Å². The standard InChI is InChI=1S/C16H26N2O2/c1-4-18(12-14-9-6-5-8-13(14)2)16(19)15(17)10-7-11-20-3/h5-6,8-9,15H,4,7,10-12,17H2,1-3H3. The number of benzene rings is 1. The van der Waals surface area contributed by atoms with E-state index >= 15 is 0 Å². The minimum absolute atomic E-state index is 0.0202. The van der Waals surface area contributed by atoms with Crippen molar-refractivity contribution in [3.05, 3.63) is 35.4 Å². The van der Waals surface area contributed by atoms with Gasteiger partial charge >= 0.3 is 0 Å². The first-order chi connectivity index (χ1) is 9.60. The van der Waals surface area contributed by atoms with Crippen LogP contribution in [0.5, 0.6) is 0 Å². The van der Waals surface area contributed by atoms with Gasteiger partial charge < -0.3 is 15.4 Å². The lowest BCUT2D eigenvalue weighted by Gasteiger charge is -2.25. The van der Waals surface area contributed by atoms with Crippen LogP contribution in [0.2, 0.25) is 0 Å². The van der Waals surface area contributed by atoms with Gasteiger partial charge in [0.15, 0.2) is 0 Å². The highest BCUT2D eigenvalue weighted by molar-refractivity contribution is 5.81. The van der Waals surface area contributed by atoms with E-state index in [1.165, 1.54) is 11.1 Å². The molecule has 0 aliphatic heterocycles. The number of ether oxygens (including phenoxy) is 1. The van der Waals surface area contributed by atoms with E-state index in [1.54, 1.807) is 7.11 Å². The van der Waals surface area contributed by atoms with E-state index in [-0.39, 0.29) is 5.91 Å². The predicted molar refractivity (Wildman–Crippen MR) is 81.4 cm³/mol. The Morgan fingerprint density at radius 1 is 1.40 bits per heavy atom. The molecule has 0 bridgehead atoms. The Hall–Kier alpha value is -1.39. The van der Waals surface area contributed by atoms with Gasteiger partial charge in [-0.15, -0.1) is 0 Å². The minimum Gasteiger partial charge on any atom is -0.385 e. The SMILES string of the molecule is CCN(Cc1ccccc1C)C(=O)C(N)CCCOC. The lowest BCUT2D eigenvalue weighted by Crippen LogP contribution is -2.43. The summed E-state index contributed by atoms with van der Waals surface area (Å²) in [5, 5.41) is 0. The molecule has 0 radical (unpaired) electrons. The third-order valence-electron chi connectivity index (χ3n) is 3.50. The number of rotatable bonds is 8. The van der Waals surface area contributed by atoms with Crippen LogP contribution in [0, 0.1) is 6.92 Å². The van der Waals surface area contributed by atoms with Crippen molar-refractivity contribution in [2.75, 3.05) is 20.3 Å². The summed E-state index contributed by atoms with van der Waals surface area (Å²) < 4.78 is 4.99. The molecule has 1 rings (SSSR count). The van der Waals surface area contributed by atoms with Crippen LogP contribution in [0.4, 0.5) is 0 Å². The average Bonchev–Trinajstić information content (AvgIpc) is 2.46. The molecule has 0 aromatic heterocycles. The summed E-state index contributed by atoms with van der Waals surface area (Å²) in [7, 11) is 1.66. The quantitative estimate of drug-likeness (QED) is 0.741. The van der Waals surface area contributed by atoms with Gasteiger partial charge in [0.05, 0.1) is 6.04 Å². The monoisotopic (exact) mass is 278 g/mol. The van der Waals surface area contributed by atoms with Crippen LogP contribution in [-0.4, -0.2) is 37.1 Å². The van der Waals surface area contributed by atoms with Crippen LogP contribution in [-0.2, 0) is 16.1 Å². The minimum atomic E-state index is -0.436. The van der Waals surface area contributed by atoms with Crippen molar-refractivity contribution >= 4 is 5.91 Å². The highest BCUT2D eigenvalue weighted by Gasteiger charge is 2.20. The van der Waals surface area contributed by atoms with Crippen molar-refractivity contribution < 1.29 is 9.53 Å². The largest absolute Gasteiger partial charge is 0.385 e. The molecular weight excluding hydrogens is 252 g/mol. The molecule has 1 aromatic rings. The van der Waals surface area contributed by atoms with Gasteiger partial charge in [-0.2, -0.15) is 0 Å². The van der Waals surface area contributed by atoms with Crippen molar-refractivity contribution in [1.82, 2.24) is 4.90 Å². The fourth-order valence-corrected chi connectivity index (χ4v) is 2.14. The van der Waals surface area contributed by atoms with Gasteiger partial charge in [-0.1, -0.05) is 24.3 Å². The number of hydrogen-bond acceptors (Lipinski definition) is 3. The van der Waals surface area contributed by atoms with E-state index in [0.29, 0.717) is 26.1 Å². The molecule has 4 nitrogen and oxygen atoms in total. The summed E-state index contributed by atoms with van der Waals surface area (Å²) in [5.41, 5.74) is 8.35. The fourth-order valence-electron chi connectivity index (χ4n) is 2.14. The Morgan fingerprint density at radius 3 is 2.70 bits per heavy atom. The molecule has 112 valence electrons. The second-order valence-electron chi connectivity index (χ2n) is 5.02. The zero-order chi connectivity index (χ0) is 15.0. The zero-order valence-electron chi connectivity index (χ0n) is 12.8. The van der Waals surface area contributed by atoms with E-state index in [2.05, 4.69) is 19.1 Å². The van der Waals surface area contributed by atoms with Crippen LogP contribution >= 0.6 is 0 Å². The van der Waals surface area contributed by atoms with Crippen LogP contribution in [0.25, 0.3) is 0 Å². The van der Waals surface area contributed by atoms with Crippen LogP contribution in [0.3, 0.4) is 0 Å². The number of nitrogens with two attached hydrogens (primary N) is 1. The Bertz CT molecular complexity index is 421. The number of carbonyl (C=O) groups excluding carboxylic acids is 1. The van der Waals surface area contributed by atoms with Crippen molar-refractivity contribution in [1.29, 1.82) is 0 Å². The normalized spacial score (nSPS) is 12.2. The maximum atomic E-state index is 12.3. The molecule has 20 heavy (non-hydrogen) atoms. The van der Waals surface area contributed by atoms with Crippen molar-refractivity contribution in [2.45, 2.75) is 39.3 Å². The predicted octanol–water partition coefficient (Wildman–Crippen LogP) is 2.10.